The molecule has 0 heterocycles. The zero-order valence-electron chi connectivity index (χ0n) is 13.9. The topological polar surface area (TPSA) is 35.5 Å². The van der Waals surface area contributed by atoms with E-state index < -0.39 is 8.32 Å². The van der Waals surface area contributed by atoms with Gasteiger partial charge in [-0.25, -0.2) is 4.79 Å². The summed E-state index contributed by atoms with van der Waals surface area (Å²) >= 11 is 0. The highest BCUT2D eigenvalue weighted by Gasteiger charge is 2.44. The first-order valence-corrected chi connectivity index (χ1v) is 10.7. The first-order chi connectivity index (χ1) is 9.08. The molecule has 0 aliphatic heterocycles. The Labute approximate surface area is 124 Å². The van der Waals surface area contributed by atoms with Crippen LogP contribution in [0.2, 0.25) is 19.6 Å². The molecule has 0 spiro atoms. The number of ether oxygens (including phenoxy) is 1. The molecule has 1 aliphatic carbocycles. The van der Waals surface area contributed by atoms with E-state index in [1.807, 2.05) is 13.8 Å². The van der Waals surface area contributed by atoms with Gasteiger partial charge in [0.2, 0.25) is 0 Å². The van der Waals surface area contributed by atoms with Crippen molar-refractivity contribution >= 4 is 14.3 Å². The maximum Gasteiger partial charge on any atom is 0.333 e. The smallest absolute Gasteiger partial charge is 0.333 e. The molecule has 0 unspecified atom stereocenters. The molecule has 0 N–H and O–H groups in total. The Morgan fingerprint density at radius 3 is 2.20 bits per heavy atom. The van der Waals surface area contributed by atoms with Gasteiger partial charge in [-0.3, -0.25) is 0 Å². The number of rotatable bonds is 5. The Bertz CT molecular complexity index is 429. The minimum atomic E-state index is -1.62. The van der Waals surface area contributed by atoms with Crippen molar-refractivity contribution in [3.05, 3.63) is 22.8 Å². The molecule has 0 radical (unpaired) electrons. The van der Waals surface area contributed by atoms with Crippen LogP contribution in [0.15, 0.2) is 22.8 Å². The lowest BCUT2D eigenvalue weighted by Crippen LogP contribution is -2.48. The number of hydrogen-bond acceptors (Lipinski definition) is 3. The minimum Gasteiger partial charge on any atom is -0.463 e. The van der Waals surface area contributed by atoms with E-state index in [-0.39, 0.29) is 11.6 Å². The Balaban J connectivity index is 2.89. The van der Waals surface area contributed by atoms with Crippen molar-refractivity contribution in [3.8, 4) is 0 Å². The average molecular weight is 296 g/mol. The quantitative estimate of drug-likeness (QED) is 0.330. The van der Waals surface area contributed by atoms with Crippen molar-refractivity contribution in [1.29, 1.82) is 0 Å². The number of esters is 1. The standard InChI is InChI=1S/C16H28O3Si/c1-8-18-15(17)13(4)14-10-16(11-14,9-12(2)3)19-20(5,6)7/h9H,8,10-11H2,1-7H3. The Hall–Kier alpha value is -0.873. The molecule has 20 heavy (non-hydrogen) atoms. The third kappa shape index (κ3) is 4.60. The van der Waals surface area contributed by atoms with Crippen LogP contribution in [-0.4, -0.2) is 26.5 Å². The highest BCUT2D eigenvalue weighted by atomic mass is 28.4. The first-order valence-electron chi connectivity index (χ1n) is 7.30. The number of carbonyl (C=O) groups is 1. The van der Waals surface area contributed by atoms with Crippen LogP contribution in [0.1, 0.15) is 40.5 Å². The third-order valence-corrected chi connectivity index (χ3v) is 4.22. The van der Waals surface area contributed by atoms with Crippen LogP contribution >= 0.6 is 0 Å². The van der Waals surface area contributed by atoms with Crippen LogP contribution in [0.5, 0.6) is 0 Å². The van der Waals surface area contributed by atoms with E-state index in [0.717, 1.165) is 18.4 Å². The van der Waals surface area contributed by atoms with Gasteiger partial charge in [-0.15, -0.1) is 0 Å². The van der Waals surface area contributed by atoms with Gasteiger partial charge in [0.05, 0.1) is 12.2 Å². The minimum absolute atomic E-state index is 0.193. The fraction of sp³-hybridized carbons (Fsp3) is 0.688. The molecule has 1 rings (SSSR count). The van der Waals surface area contributed by atoms with Crippen LogP contribution in [0.25, 0.3) is 0 Å². The van der Waals surface area contributed by atoms with Crippen LogP contribution < -0.4 is 0 Å². The first kappa shape index (κ1) is 17.2. The molecule has 114 valence electrons. The number of carbonyl (C=O) groups excluding carboxylic acids is 1. The van der Waals surface area contributed by atoms with Gasteiger partial charge in [-0.05, 0) is 47.3 Å². The lowest BCUT2D eigenvalue weighted by Gasteiger charge is -2.46. The van der Waals surface area contributed by atoms with Crippen molar-refractivity contribution in [2.75, 3.05) is 6.61 Å². The van der Waals surface area contributed by atoms with Gasteiger partial charge in [0, 0.05) is 18.4 Å². The average Bonchev–Trinajstić information content (AvgIpc) is 2.21. The molecule has 0 aromatic carbocycles. The Morgan fingerprint density at radius 2 is 1.80 bits per heavy atom. The molecule has 0 saturated heterocycles. The number of allylic oxidation sites excluding steroid dienone is 1. The van der Waals surface area contributed by atoms with Gasteiger partial charge in [-0.2, -0.15) is 0 Å². The molecule has 0 aromatic rings. The van der Waals surface area contributed by atoms with Gasteiger partial charge >= 0.3 is 5.97 Å². The van der Waals surface area contributed by atoms with Gasteiger partial charge in [-0.1, -0.05) is 17.2 Å². The predicted molar refractivity (Wildman–Crippen MR) is 85.2 cm³/mol. The highest BCUT2D eigenvalue weighted by Crippen LogP contribution is 2.45. The predicted octanol–water partition coefficient (Wildman–Crippen LogP) is 4.22. The molecule has 0 atom stereocenters. The third-order valence-electron chi connectivity index (χ3n) is 3.20. The summed E-state index contributed by atoms with van der Waals surface area (Å²) in [7, 11) is -1.62. The summed E-state index contributed by atoms with van der Waals surface area (Å²) in [5, 5.41) is 0. The summed E-state index contributed by atoms with van der Waals surface area (Å²) in [5.41, 5.74) is 2.98. The van der Waals surface area contributed by atoms with E-state index >= 15 is 0 Å². The summed E-state index contributed by atoms with van der Waals surface area (Å²) in [5.74, 6) is -0.193. The molecule has 4 heteroatoms. The monoisotopic (exact) mass is 296 g/mol. The summed E-state index contributed by atoms with van der Waals surface area (Å²) in [6.07, 6.45) is 3.84. The van der Waals surface area contributed by atoms with E-state index in [9.17, 15) is 4.79 Å². The van der Waals surface area contributed by atoms with Crippen LogP contribution in [-0.2, 0) is 14.0 Å². The molecular formula is C16H28O3Si. The SMILES string of the molecule is CCOC(=O)C(C)=C1CC(C=C(C)C)(O[Si](C)(C)C)C1. The van der Waals surface area contributed by atoms with Crippen molar-refractivity contribution in [1.82, 2.24) is 0 Å². The van der Waals surface area contributed by atoms with E-state index in [1.54, 1.807) is 0 Å². The maximum atomic E-state index is 11.8. The summed E-state index contributed by atoms with van der Waals surface area (Å²) in [6.45, 7) is 14.9. The molecule has 0 amide bonds. The fourth-order valence-corrected chi connectivity index (χ4v) is 4.08. The second-order valence-electron chi connectivity index (χ2n) is 6.80. The van der Waals surface area contributed by atoms with E-state index in [1.165, 1.54) is 11.1 Å². The van der Waals surface area contributed by atoms with Crippen LogP contribution in [0, 0.1) is 0 Å². The zero-order chi connectivity index (χ0) is 15.6. The van der Waals surface area contributed by atoms with Crippen LogP contribution in [0.4, 0.5) is 0 Å². The molecule has 1 aliphatic rings. The van der Waals surface area contributed by atoms with Gasteiger partial charge < -0.3 is 9.16 Å². The summed E-state index contributed by atoms with van der Waals surface area (Å²) in [4.78, 5) is 11.8. The summed E-state index contributed by atoms with van der Waals surface area (Å²) < 4.78 is 11.4. The maximum absolute atomic E-state index is 11.8. The second-order valence-corrected chi connectivity index (χ2v) is 11.2. The Kier molecular flexibility index (Phi) is 5.38. The van der Waals surface area contributed by atoms with Gasteiger partial charge in [0.15, 0.2) is 8.32 Å². The van der Waals surface area contributed by atoms with Gasteiger partial charge in [0.25, 0.3) is 0 Å². The molecule has 0 aromatic heterocycles. The van der Waals surface area contributed by atoms with E-state index in [4.69, 9.17) is 9.16 Å². The van der Waals surface area contributed by atoms with E-state index in [2.05, 4.69) is 39.6 Å². The van der Waals surface area contributed by atoms with Crippen molar-refractivity contribution in [2.24, 2.45) is 0 Å². The molecular weight excluding hydrogens is 268 g/mol. The second kappa shape index (κ2) is 6.27. The van der Waals surface area contributed by atoms with Crippen molar-refractivity contribution in [3.63, 3.8) is 0 Å². The Morgan fingerprint density at radius 1 is 1.25 bits per heavy atom. The zero-order valence-corrected chi connectivity index (χ0v) is 14.9. The fourth-order valence-electron chi connectivity index (χ4n) is 2.66. The highest BCUT2D eigenvalue weighted by molar-refractivity contribution is 6.69. The van der Waals surface area contributed by atoms with Crippen molar-refractivity contribution in [2.45, 2.75) is 65.8 Å². The molecule has 1 saturated carbocycles. The molecule has 1 fully saturated rings. The summed E-state index contributed by atoms with van der Waals surface area (Å²) in [6, 6.07) is 0. The number of hydrogen-bond donors (Lipinski definition) is 0. The van der Waals surface area contributed by atoms with Gasteiger partial charge in [0.1, 0.15) is 0 Å². The molecule has 3 nitrogen and oxygen atoms in total. The largest absolute Gasteiger partial charge is 0.463 e. The lowest BCUT2D eigenvalue weighted by molar-refractivity contribution is -0.138. The normalized spacial score (nSPS) is 22.1. The lowest BCUT2D eigenvalue weighted by atomic mass is 9.73. The molecule has 0 bridgehead atoms. The van der Waals surface area contributed by atoms with Crippen LogP contribution in [0.3, 0.4) is 0 Å². The van der Waals surface area contributed by atoms with E-state index in [0.29, 0.717) is 6.61 Å². The van der Waals surface area contributed by atoms with Crippen molar-refractivity contribution < 1.29 is 14.0 Å².